The van der Waals surface area contributed by atoms with E-state index in [1.807, 2.05) is 40.1 Å². The Kier molecular flexibility index (Phi) is 7.57. The number of phenolic OH excluding ortho intramolecular Hbond substituents is 1. The number of nitrogens with zero attached hydrogens (tertiary/aromatic N) is 2. The van der Waals surface area contributed by atoms with Gasteiger partial charge in [0.15, 0.2) is 5.75 Å². The highest BCUT2D eigenvalue weighted by molar-refractivity contribution is 7.39. The Labute approximate surface area is 277 Å². The van der Waals surface area contributed by atoms with Crippen LogP contribution in [-0.4, -0.2) is 61.5 Å². The third-order valence-corrected chi connectivity index (χ3v) is 11.7. The summed E-state index contributed by atoms with van der Waals surface area (Å²) in [6.45, 7) is 8.61. The Hall–Kier alpha value is -3.01. The van der Waals surface area contributed by atoms with Gasteiger partial charge in [-0.25, -0.2) is 0 Å². The van der Waals surface area contributed by atoms with Crippen LogP contribution in [0.25, 0.3) is 21.8 Å². The number of anilines is 2. The average molecular weight is 688 g/mol. The molecule has 2 atom stereocenters. The van der Waals surface area contributed by atoms with E-state index in [1.165, 1.54) is 0 Å². The number of phenols is 1. The molecule has 5 N–H and O–H groups in total. The fourth-order valence-corrected chi connectivity index (χ4v) is 9.42. The number of carbonyl (C=O) groups is 2. The van der Waals surface area contributed by atoms with Crippen molar-refractivity contribution in [3.8, 4) is 11.5 Å². The molecule has 2 amide bonds. The van der Waals surface area contributed by atoms with Crippen molar-refractivity contribution in [3.63, 3.8) is 0 Å². The molecular formula is C33H37Cl2N4O6P. The number of aryl methyl sites for hydroxylation is 2. The van der Waals surface area contributed by atoms with E-state index in [0.717, 1.165) is 33.0 Å². The largest absolute Gasteiger partial charge is 0.506 e. The van der Waals surface area contributed by atoms with Gasteiger partial charge in [0, 0.05) is 77.4 Å². The highest BCUT2D eigenvalue weighted by atomic mass is 35.5. The normalized spacial score (nSPS) is 25.4. The first kappa shape index (κ1) is 31.6. The lowest BCUT2D eigenvalue weighted by molar-refractivity contribution is -0.153. The minimum absolute atomic E-state index is 0.0545. The number of amides is 2. The number of halogens is 2. The summed E-state index contributed by atoms with van der Waals surface area (Å²) in [5.41, 5.74) is 4.84. The molecule has 10 nitrogen and oxygen atoms in total. The summed E-state index contributed by atoms with van der Waals surface area (Å²) < 4.78 is 5.41. The number of hydrogen-bond donors (Lipinski definition) is 5. The minimum atomic E-state index is -2.68. The summed E-state index contributed by atoms with van der Waals surface area (Å²) >= 11 is 12.9. The summed E-state index contributed by atoms with van der Waals surface area (Å²) in [5, 5.41) is 12.6. The van der Waals surface area contributed by atoms with Gasteiger partial charge >= 0.3 is 8.60 Å². The number of fused-ring (bicyclic) bond motifs is 6. The first-order valence-corrected chi connectivity index (χ1v) is 17.7. The van der Waals surface area contributed by atoms with Gasteiger partial charge < -0.3 is 39.2 Å². The Morgan fingerprint density at radius 2 is 1.46 bits per heavy atom. The monoisotopic (exact) mass is 686 g/mol. The molecule has 1 aliphatic carbocycles. The molecule has 1 fully saturated rings. The van der Waals surface area contributed by atoms with Crippen molar-refractivity contribution < 1.29 is 29.0 Å². The lowest BCUT2D eigenvalue weighted by atomic mass is 9.51. The van der Waals surface area contributed by atoms with Gasteiger partial charge in [-0.2, -0.15) is 0 Å². The van der Waals surface area contributed by atoms with Crippen molar-refractivity contribution in [3.05, 3.63) is 46.8 Å². The maximum absolute atomic E-state index is 14.5. The fraction of sp³-hybridized carbons (Fsp3) is 0.455. The SMILES string of the molecule is CCC1(C(=O)N2CC(CCl)c3c2cc(O)c2[nH]cc(C)c32)CC(C)(C(=O)N2CC(CCl)c3c2cc(OP(O)O)c2[nH]cc(C)c32)C1. The summed E-state index contributed by atoms with van der Waals surface area (Å²) in [7, 11) is -2.68. The van der Waals surface area contributed by atoms with Crippen molar-refractivity contribution in [2.24, 2.45) is 10.8 Å². The molecular weight excluding hydrogens is 650 g/mol. The maximum atomic E-state index is 14.5. The van der Waals surface area contributed by atoms with Crippen LogP contribution < -0.4 is 14.3 Å². The van der Waals surface area contributed by atoms with Gasteiger partial charge in [-0.1, -0.05) is 13.8 Å². The number of benzene rings is 2. The van der Waals surface area contributed by atoms with Crippen LogP contribution in [0, 0.1) is 24.7 Å². The molecule has 0 saturated heterocycles. The number of carbonyl (C=O) groups excluding carboxylic acids is 2. The van der Waals surface area contributed by atoms with Crippen LogP contribution in [0.4, 0.5) is 11.4 Å². The van der Waals surface area contributed by atoms with E-state index >= 15 is 0 Å². The summed E-state index contributed by atoms with van der Waals surface area (Å²) in [6.07, 6.45) is 4.97. The van der Waals surface area contributed by atoms with Crippen molar-refractivity contribution in [2.75, 3.05) is 34.6 Å². The van der Waals surface area contributed by atoms with Crippen LogP contribution >= 0.6 is 31.8 Å². The Morgan fingerprint density at radius 3 is 2.00 bits per heavy atom. The van der Waals surface area contributed by atoms with E-state index in [-0.39, 0.29) is 35.1 Å². The molecule has 3 aliphatic rings. The lowest BCUT2D eigenvalue weighted by Gasteiger charge is -2.54. The second-order valence-corrected chi connectivity index (χ2v) is 14.8. The molecule has 2 aromatic carbocycles. The summed E-state index contributed by atoms with van der Waals surface area (Å²) in [5.74, 6) is 0.594. The molecule has 0 bridgehead atoms. The van der Waals surface area contributed by atoms with Crippen LogP contribution in [-0.2, 0) is 9.59 Å². The molecule has 2 aliphatic heterocycles. The van der Waals surface area contributed by atoms with E-state index in [4.69, 9.17) is 27.7 Å². The number of aromatic amines is 2. The van der Waals surface area contributed by atoms with Crippen LogP contribution in [0.5, 0.6) is 11.5 Å². The fourth-order valence-electron chi connectivity index (χ4n) is 8.59. The third kappa shape index (κ3) is 4.40. The smallest absolute Gasteiger partial charge is 0.391 e. The van der Waals surface area contributed by atoms with Gasteiger partial charge in [0.25, 0.3) is 0 Å². The zero-order valence-electron chi connectivity index (χ0n) is 26.1. The second-order valence-electron chi connectivity index (χ2n) is 13.5. The number of nitrogens with one attached hydrogen (secondary N) is 2. The number of alkyl halides is 2. The zero-order chi connectivity index (χ0) is 32.9. The van der Waals surface area contributed by atoms with Gasteiger partial charge in [-0.15, -0.1) is 23.2 Å². The Morgan fingerprint density at radius 1 is 0.935 bits per heavy atom. The first-order chi connectivity index (χ1) is 21.9. The molecule has 4 heterocycles. The summed E-state index contributed by atoms with van der Waals surface area (Å²) in [4.78, 5) is 58.2. The number of rotatable bonds is 7. The van der Waals surface area contributed by atoms with Crippen LogP contribution in [0.1, 0.15) is 67.2 Å². The summed E-state index contributed by atoms with van der Waals surface area (Å²) in [6, 6.07) is 3.34. The van der Waals surface area contributed by atoms with E-state index in [0.29, 0.717) is 66.5 Å². The first-order valence-electron chi connectivity index (χ1n) is 15.5. The van der Waals surface area contributed by atoms with Crippen LogP contribution in [0.15, 0.2) is 24.5 Å². The number of H-pyrrole nitrogens is 2. The molecule has 0 spiro atoms. The van der Waals surface area contributed by atoms with E-state index < -0.39 is 19.4 Å². The highest BCUT2D eigenvalue weighted by Gasteiger charge is 2.62. The number of aromatic nitrogens is 2. The van der Waals surface area contributed by atoms with Gasteiger partial charge in [-0.3, -0.25) is 9.59 Å². The molecule has 7 rings (SSSR count). The topological polar surface area (TPSA) is 142 Å². The van der Waals surface area contributed by atoms with Gasteiger partial charge in [0.05, 0.1) is 27.8 Å². The minimum Gasteiger partial charge on any atom is -0.506 e. The van der Waals surface area contributed by atoms with Gasteiger partial charge in [0.2, 0.25) is 11.8 Å². The molecule has 2 aromatic heterocycles. The van der Waals surface area contributed by atoms with Crippen molar-refractivity contribution in [2.45, 2.75) is 58.8 Å². The number of hydrogen-bond acceptors (Lipinski definition) is 6. The van der Waals surface area contributed by atoms with E-state index in [2.05, 4.69) is 9.97 Å². The molecule has 4 aromatic rings. The average Bonchev–Trinajstić information content (AvgIpc) is 3.77. The molecule has 244 valence electrons. The van der Waals surface area contributed by atoms with Crippen molar-refractivity contribution >= 4 is 76.8 Å². The van der Waals surface area contributed by atoms with Crippen molar-refractivity contribution in [1.82, 2.24) is 9.97 Å². The standard InChI is InChI=1S/C33H37Cl2N4O6P/c1-5-33(31(42)39-13-19(9-35)26-20(39)6-22(40)28-24(26)16(2)10-36-28)14-32(4,15-33)30(41)38-12-18(8-34)27-21(38)7-23(45-46(43)44)29-25(27)17(3)11-37-29/h6-7,10-11,18-19,36-37,40,43-44H,5,8-9,12-15H2,1-4H3. The van der Waals surface area contributed by atoms with Gasteiger partial charge in [-0.05, 0) is 55.4 Å². The lowest BCUT2D eigenvalue weighted by Crippen LogP contribution is -2.60. The predicted octanol–water partition coefficient (Wildman–Crippen LogP) is 6.80. The molecule has 2 unspecified atom stereocenters. The van der Waals surface area contributed by atoms with Crippen molar-refractivity contribution in [1.29, 1.82) is 0 Å². The van der Waals surface area contributed by atoms with Crippen LogP contribution in [0.3, 0.4) is 0 Å². The molecule has 1 saturated carbocycles. The Balaban J connectivity index is 1.21. The van der Waals surface area contributed by atoms with E-state index in [9.17, 15) is 24.5 Å². The molecule has 46 heavy (non-hydrogen) atoms. The highest BCUT2D eigenvalue weighted by Crippen LogP contribution is 2.61. The molecule has 13 heteroatoms. The third-order valence-electron chi connectivity index (χ3n) is 10.6. The quantitative estimate of drug-likeness (QED) is 0.107. The predicted molar refractivity (Wildman–Crippen MR) is 181 cm³/mol. The maximum Gasteiger partial charge on any atom is 0.391 e. The Bertz CT molecular complexity index is 1920. The number of aromatic hydroxyl groups is 1. The second kappa shape index (κ2) is 11.0. The molecule has 0 radical (unpaired) electrons. The van der Waals surface area contributed by atoms with Crippen LogP contribution in [0.2, 0.25) is 0 Å². The zero-order valence-corrected chi connectivity index (χ0v) is 28.5. The van der Waals surface area contributed by atoms with E-state index in [1.54, 1.807) is 21.9 Å². The van der Waals surface area contributed by atoms with Gasteiger partial charge in [0.1, 0.15) is 5.75 Å².